The summed E-state index contributed by atoms with van der Waals surface area (Å²) in [6.45, 7) is 4.50. The summed E-state index contributed by atoms with van der Waals surface area (Å²) in [5.41, 5.74) is 0. The molecule has 2 atom stereocenters. The molecule has 0 aromatic carbocycles. The van der Waals surface area contributed by atoms with Crippen LogP contribution in [0, 0.1) is 5.92 Å². The number of anilines is 1. The molecule has 0 bridgehead atoms. The molecular formula is C11H15BrN2. The molecule has 0 N–H and O–H groups in total. The van der Waals surface area contributed by atoms with Crippen LogP contribution in [-0.2, 0) is 0 Å². The number of hydrogen-bond acceptors (Lipinski definition) is 2. The maximum Gasteiger partial charge on any atom is 0.128 e. The van der Waals surface area contributed by atoms with Crippen LogP contribution in [0.2, 0.25) is 0 Å². The molecule has 1 aromatic heterocycles. The van der Waals surface area contributed by atoms with Gasteiger partial charge in [-0.1, -0.05) is 28.9 Å². The van der Waals surface area contributed by atoms with Crippen molar-refractivity contribution in [3.63, 3.8) is 0 Å². The summed E-state index contributed by atoms with van der Waals surface area (Å²) in [5.74, 6) is 1.81. The summed E-state index contributed by atoms with van der Waals surface area (Å²) >= 11 is 3.71. The van der Waals surface area contributed by atoms with Gasteiger partial charge in [0, 0.05) is 24.1 Å². The van der Waals surface area contributed by atoms with Gasteiger partial charge in [-0.15, -0.1) is 0 Å². The Morgan fingerprint density at radius 2 is 2.36 bits per heavy atom. The molecule has 76 valence electrons. The van der Waals surface area contributed by atoms with Crippen LogP contribution in [0.25, 0.3) is 0 Å². The number of piperidine rings is 1. The van der Waals surface area contributed by atoms with E-state index >= 15 is 0 Å². The van der Waals surface area contributed by atoms with Gasteiger partial charge in [-0.3, -0.25) is 0 Å². The van der Waals surface area contributed by atoms with Crippen LogP contribution in [0.5, 0.6) is 0 Å². The van der Waals surface area contributed by atoms with E-state index in [0.717, 1.165) is 18.9 Å². The van der Waals surface area contributed by atoms with Gasteiger partial charge in [-0.2, -0.15) is 0 Å². The van der Waals surface area contributed by atoms with E-state index in [1.165, 1.54) is 6.42 Å². The van der Waals surface area contributed by atoms with Crippen molar-refractivity contribution in [2.75, 3.05) is 18.0 Å². The van der Waals surface area contributed by atoms with Crippen LogP contribution in [0.15, 0.2) is 24.4 Å². The zero-order chi connectivity index (χ0) is 9.97. The highest BCUT2D eigenvalue weighted by molar-refractivity contribution is 9.09. The lowest BCUT2D eigenvalue weighted by Gasteiger charge is -2.35. The molecule has 0 radical (unpaired) electrons. The third kappa shape index (κ3) is 2.08. The first-order chi connectivity index (χ1) is 6.77. The van der Waals surface area contributed by atoms with E-state index < -0.39 is 0 Å². The van der Waals surface area contributed by atoms with Crippen molar-refractivity contribution in [1.29, 1.82) is 0 Å². The summed E-state index contributed by atoms with van der Waals surface area (Å²) in [5, 5.41) is 0. The van der Waals surface area contributed by atoms with Crippen molar-refractivity contribution < 1.29 is 0 Å². The minimum atomic E-state index is 0.669. The molecule has 0 saturated carbocycles. The zero-order valence-electron chi connectivity index (χ0n) is 8.36. The molecule has 0 spiro atoms. The van der Waals surface area contributed by atoms with Crippen LogP contribution in [0.1, 0.15) is 13.3 Å². The predicted octanol–water partition coefficient (Wildman–Crippen LogP) is 2.69. The monoisotopic (exact) mass is 254 g/mol. The van der Waals surface area contributed by atoms with E-state index in [1.54, 1.807) is 0 Å². The maximum absolute atomic E-state index is 4.37. The third-order valence-electron chi connectivity index (χ3n) is 2.77. The number of pyridine rings is 1. The van der Waals surface area contributed by atoms with Crippen LogP contribution in [-0.4, -0.2) is 22.9 Å². The van der Waals surface area contributed by atoms with Gasteiger partial charge in [-0.05, 0) is 24.5 Å². The summed E-state index contributed by atoms with van der Waals surface area (Å²) in [6, 6.07) is 6.10. The second kappa shape index (κ2) is 4.30. The Balaban J connectivity index is 2.07. The molecule has 1 aromatic rings. The van der Waals surface area contributed by atoms with Crippen molar-refractivity contribution in [3.05, 3.63) is 24.4 Å². The van der Waals surface area contributed by atoms with E-state index in [-0.39, 0.29) is 0 Å². The summed E-state index contributed by atoms with van der Waals surface area (Å²) in [4.78, 5) is 7.40. The standard InChI is InChI=1S/C11H15BrN2/c1-9-8-14(7-5-10(9)12)11-4-2-3-6-13-11/h2-4,6,9-10H,5,7-8H2,1H3. The predicted molar refractivity (Wildman–Crippen MR) is 62.9 cm³/mol. The van der Waals surface area contributed by atoms with E-state index in [2.05, 4.69) is 38.8 Å². The number of alkyl halides is 1. The van der Waals surface area contributed by atoms with Gasteiger partial charge in [-0.25, -0.2) is 4.98 Å². The van der Waals surface area contributed by atoms with Crippen LogP contribution < -0.4 is 4.90 Å². The Bertz CT molecular complexity index is 289. The molecule has 2 unspecified atom stereocenters. The SMILES string of the molecule is CC1CN(c2ccccn2)CCC1Br. The lowest BCUT2D eigenvalue weighted by atomic mass is 10.0. The topological polar surface area (TPSA) is 16.1 Å². The van der Waals surface area contributed by atoms with Crippen LogP contribution in [0.4, 0.5) is 5.82 Å². The largest absolute Gasteiger partial charge is 0.356 e. The normalized spacial score (nSPS) is 27.7. The molecule has 0 amide bonds. The maximum atomic E-state index is 4.37. The van der Waals surface area contributed by atoms with Gasteiger partial charge in [0.25, 0.3) is 0 Å². The van der Waals surface area contributed by atoms with Gasteiger partial charge < -0.3 is 4.90 Å². The smallest absolute Gasteiger partial charge is 0.128 e. The summed E-state index contributed by atoms with van der Waals surface area (Å²) in [7, 11) is 0. The van der Waals surface area contributed by atoms with E-state index in [1.807, 2.05) is 18.3 Å². The lowest BCUT2D eigenvalue weighted by molar-refractivity contribution is 0.464. The molecule has 2 rings (SSSR count). The molecule has 2 nitrogen and oxygen atoms in total. The first kappa shape index (κ1) is 9.97. The van der Waals surface area contributed by atoms with E-state index in [4.69, 9.17) is 0 Å². The highest BCUT2D eigenvalue weighted by Gasteiger charge is 2.24. The number of halogens is 1. The van der Waals surface area contributed by atoms with Crippen molar-refractivity contribution in [3.8, 4) is 0 Å². The van der Waals surface area contributed by atoms with Gasteiger partial charge >= 0.3 is 0 Å². The molecule has 1 aliphatic heterocycles. The van der Waals surface area contributed by atoms with Crippen molar-refractivity contribution in [2.45, 2.75) is 18.2 Å². The van der Waals surface area contributed by atoms with Gasteiger partial charge in [0.2, 0.25) is 0 Å². The van der Waals surface area contributed by atoms with E-state index in [9.17, 15) is 0 Å². The zero-order valence-corrected chi connectivity index (χ0v) is 9.94. The number of aromatic nitrogens is 1. The second-order valence-electron chi connectivity index (χ2n) is 3.92. The Morgan fingerprint density at radius 1 is 1.50 bits per heavy atom. The van der Waals surface area contributed by atoms with E-state index in [0.29, 0.717) is 10.7 Å². The molecule has 1 saturated heterocycles. The molecular weight excluding hydrogens is 240 g/mol. The Morgan fingerprint density at radius 3 is 3.00 bits per heavy atom. The Hall–Kier alpha value is -0.570. The first-order valence-corrected chi connectivity index (χ1v) is 5.99. The van der Waals surface area contributed by atoms with Gasteiger partial charge in [0.05, 0.1) is 0 Å². The summed E-state index contributed by atoms with van der Waals surface area (Å²) < 4.78 is 0. The molecule has 1 fully saturated rings. The minimum absolute atomic E-state index is 0.669. The second-order valence-corrected chi connectivity index (χ2v) is 5.09. The Labute approximate surface area is 93.5 Å². The van der Waals surface area contributed by atoms with Crippen molar-refractivity contribution in [2.24, 2.45) is 5.92 Å². The number of nitrogens with zero attached hydrogens (tertiary/aromatic N) is 2. The molecule has 2 heterocycles. The fraction of sp³-hybridized carbons (Fsp3) is 0.545. The summed E-state index contributed by atoms with van der Waals surface area (Å²) in [6.07, 6.45) is 3.07. The quantitative estimate of drug-likeness (QED) is 0.717. The average Bonchev–Trinajstić information content (AvgIpc) is 2.23. The van der Waals surface area contributed by atoms with Crippen molar-refractivity contribution in [1.82, 2.24) is 4.98 Å². The lowest BCUT2D eigenvalue weighted by Crippen LogP contribution is -2.40. The van der Waals surface area contributed by atoms with Crippen molar-refractivity contribution >= 4 is 21.7 Å². The highest BCUT2D eigenvalue weighted by Crippen LogP contribution is 2.25. The third-order valence-corrected chi connectivity index (χ3v) is 4.13. The Kier molecular flexibility index (Phi) is 3.06. The fourth-order valence-electron chi connectivity index (χ4n) is 1.87. The fourth-order valence-corrected chi connectivity index (χ4v) is 2.24. The first-order valence-electron chi connectivity index (χ1n) is 5.07. The molecule has 0 aliphatic carbocycles. The molecule has 14 heavy (non-hydrogen) atoms. The average molecular weight is 255 g/mol. The molecule has 1 aliphatic rings. The number of hydrogen-bond donors (Lipinski definition) is 0. The highest BCUT2D eigenvalue weighted by atomic mass is 79.9. The molecule has 3 heteroatoms. The van der Waals surface area contributed by atoms with Crippen LogP contribution in [0.3, 0.4) is 0 Å². The van der Waals surface area contributed by atoms with Gasteiger partial charge in [0.15, 0.2) is 0 Å². The minimum Gasteiger partial charge on any atom is -0.356 e. The van der Waals surface area contributed by atoms with Gasteiger partial charge in [0.1, 0.15) is 5.82 Å². The number of rotatable bonds is 1. The van der Waals surface area contributed by atoms with Crippen LogP contribution >= 0.6 is 15.9 Å².